The van der Waals surface area contributed by atoms with Crippen molar-refractivity contribution in [1.82, 2.24) is 0 Å². The number of fused-ring (bicyclic) bond motifs is 1. The van der Waals surface area contributed by atoms with Gasteiger partial charge in [-0.3, -0.25) is 9.52 Å². The van der Waals surface area contributed by atoms with Crippen LogP contribution in [0.3, 0.4) is 0 Å². The zero-order chi connectivity index (χ0) is 19.0. The highest BCUT2D eigenvalue weighted by molar-refractivity contribution is 7.92. The number of hydrogen-bond acceptors (Lipinski definition) is 4. The largest absolute Gasteiger partial charge is 0.459 e. The number of nitrogens with zero attached hydrogens (tertiary/aromatic N) is 1. The Hall–Kier alpha value is -3.06. The van der Waals surface area contributed by atoms with Crippen LogP contribution in [-0.4, -0.2) is 20.9 Å². The van der Waals surface area contributed by atoms with Crippen molar-refractivity contribution in [3.05, 3.63) is 77.7 Å². The Morgan fingerprint density at radius 3 is 2.70 bits per heavy atom. The second kappa shape index (κ2) is 6.59. The van der Waals surface area contributed by atoms with Gasteiger partial charge in [0.25, 0.3) is 15.9 Å². The maximum absolute atomic E-state index is 12.6. The second-order valence-corrected chi connectivity index (χ2v) is 8.13. The van der Waals surface area contributed by atoms with E-state index in [0.29, 0.717) is 24.3 Å². The molecule has 0 saturated carbocycles. The fourth-order valence-corrected chi connectivity index (χ4v) is 4.34. The molecule has 1 aliphatic heterocycles. The first kappa shape index (κ1) is 17.4. The highest BCUT2D eigenvalue weighted by Crippen LogP contribution is 2.32. The van der Waals surface area contributed by atoms with Crippen LogP contribution in [0.15, 0.2) is 70.2 Å². The number of carbonyl (C=O) groups is 1. The van der Waals surface area contributed by atoms with Crippen LogP contribution in [-0.2, 0) is 16.4 Å². The van der Waals surface area contributed by atoms with Gasteiger partial charge in [-0.15, -0.1) is 0 Å². The molecule has 1 aromatic heterocycles. The van der Waals surface area contributed by atoms with Gasteiger partial charge in [-0.05, 0) is 60.9 Å². The zero-order valence-corrected chi connectivity index (χ0v) is 15.5. The Labute approximate surface area is 157 Å². The molecule has 0 atom stereocenters. The first-order valence-electron chi connectivity index (χ1n) is 8.52. The third kappa shape index (κ3) is 3.33. The van der Waals surface area contributed by atoms with E-state index in [1.165, 1.54) is 6.26 Å². The van der Waals surface area contributed by atoms with Crippen LogP contribution in [0.4, 0.5) is 11.4 Å². The minimum Gasteiger partial charge on any atom is -0.459 e. The van der Waals surface area contributed by atoms with E-state index in [1.807, 2.05) is 19.1 Å². The van der Waals surface area contributed by atoms with Crippen molar-refractivity contribution < 1.29 is 17.6 Å². The van der Waals surface area contributed by atoms with Crippen molar-refractivity contribution in [1.29, 1.82) is 0 Å². The molecule has 0 bridgehead atoms. The Bertz CT molecular complexity index is 1100. The number of benzene rings is 2. The SMILES string of the molecule is Cc1cccc(S(=O)(=O)Nc2ccc3c(c2)N(C(=O)c2ccco2)CC3)c1. The molecule has 27 heavy (non-hydrogen) atoms. The van der Waals surface area contributed by atoms with Crippen molar-refractivity contribution in [2.75, 3.05) is 16.2 Å². The fraction of sp³-hybridized carbons (Fsp3) is 0.150. The molecule has 4 rings (SSSR count). The summed E-state index contributed by atoms with van der Waals surface area (Å²) in [5, 5.41) is 0. The Balaban J connectivity index is 1.63. The highest BCUT2D eigenvalue weighted by Gasteiger charge is 2.27. The number of furan rings is 1. The summed E-state index contributed by atoms with van der Waals surface area (Å²) in [6.07, 6.45) is 2.17. The monoisotopic (exact) mass is 382 g/mol. The quantitative estimate of drug-likeness (QED) is 0.748. The number of rotatable bonds is 4. The lowest BCUT2D eigenvalue weighted by molar-refractivity contribution is 0.0963. The molecule has 0 fully saturated rings. The normalized spacial score (nSPS) is 13.4. The minimum atomic E-state index is -3.71. The summed E-state index contributed by atoms with van der Waals surface area (Å²) in [6.45, 7) is 2.37. The van der Waals surface area contributed by atoms with E-state index >= 15 is 0 Å². The Morgan fingerprint density at radius 1 is 1.11 bits per heavy atom. The van der Waals surface area contributed by atoms with E-state index in [9.17, 15) is 13.2 Å². The third-order valence-electron chi connectivity index (χ3n) is 4.51. The van der Waals surface area contributed by atoms with Gasteiger partial charge < -0.3 is 9.32 Å². The predicted molar refractivity (Wildman–Crippen MR) is 103 cm³/mol. The molecule has 0 unspecified atom stereocenters. The number of aryl methyl sites for hydroxylation is 1. The number of carbonyl (C=O) groups excluding carboxylic acids is 1. The first-order chi connectivity index (χ1) is 12.9. The van der Waals surface area contributed by atoms with Gasteiger partial charge in [-0.1, -0.05) is 18.2 Å². The molecule has 6 nitrogen and oxygen atoms in total. The van der Waals surface area contributed by atoms with Crippen LogP contribution in [0.1, 0.15) is 21.7 Å². The molecule has 0 aliphatic carbocycles. The molecular weight excluding hydrogens is 364 g/mol. The van der Waals surface area contributed by atoms with E-state index < -0.39 is 10.0 Å². The molecule has 138 valence electrons. The number of nitrogens with one attached hydrogen (secondary N) is 1. The topological polar surface area (TPSA) is 79.6 Å². The van der Waals surface area contributed by atoms with Gasteiger partial charge in [-0.25, -0.2) is 8.42 Å². The summed E-state index contributed by atoms with van der Waals surface area (Å²) in [6, 6.07) is 15.2. The third-order valence-corrected chi connectivity index (χ3v) is 5.89. The zero-order valence-electron chi connectivity index (χ0n) is 14.7. The van der Waals surface area contributed by atoms with E-state index in [2.05, 4.69) is 4.72 Å². The number of sulfonamides is 1. The van der Waals surface area contributed by atoms with Gasteiger partial charge in [0.2, 0.25) is 0 Å². The Kier molecular flexibility index (Phi) is 4.24. The first-order valence-corrected chi connectivity index (χ1v) is 10.0. The predicted octanol–water partition coefficient (Wildman–Crippen LogP) is 3.59. The summed E-state index contributed by atoms with van der Waals surface area (Å²) >= 11 is 0. The molecule has 0 radical (unpaired) electrons. The average molecular weight is 382 g/mol. The van der Waals surface area contributed by atoms with Gasteiger partial charge in [0.15, 0.2) is 5.76 Å². The van der Waals surface area contributed by atoms with Crippen LogP contribution in [0, 0.1) is 6.92 Å². The molecule has 0 spiro atoms. The standard InChI is InChI=1S/C20H18N2O4S/c1-14-4-2-5-17(12-14)27(24,25)21-16-8-7-15-9-10-22(18(15)13-16)20(23)19-6-3-11-26-19/h2-8,11-13,21H,9-10H2,1H3. The molecule has 1 N–H and O–H groups in total. The molecule has 2 heterocycles. The van der Waals surface area contributed by atoms with Crippen LogP contribution >= 0.6 is 0 Å². The van der Waals surface area contributed by atoms with Crippen molar-refractivity contribution in [3.8, 4) is 0 Å². The molecule has 3 aromatic rings. The molecule has 1 aliphatic rings. The molecular formula is C20H18N2O4S. The minimum absolute atomic E-state index is 0.200. The lowest BCUT2D eigenvalue weighted by atomic mass is 10.1. The average Bonchev–Trinajstić information content (AvgIpc) is 3.30. The van der Waals surface area contributed by atoms with Gasteiger partial charge in [0, 0.05) is 12.2 Å². The highest BCUT2D eigenvalue weighted by atomic mass is 32.2. The molecule has 7 heteroatoms. The van der Waals surface area contributed by atoms with E-state index in [0.717, 1.165) is 11.1 Å². The number of amides is 1. The van der Waals surface area contributed by atoms with Crippen molar-refractivity contribution in [2.45, 2.75) is 18.2 Å². The molecule has 1 amide bonds. The van der Waals surface area contributed by atoms with Crippen LogP contribution in [0.5, 0.6) is 0 Å². The van der Waals surface area contributed by atoms with E-state index in [4.69, 9.17) is 4.42 Å². The second-order valence-electron chi connectivity index (χ2n) is 6.45. The van der Waals surface area contributed by atoms with E-state index in [1.54, 1.807) is 47.4 Å². The van der Waals surface area contributed by atoms with Gasteiger partial charge in [-0.2, -0.15) is 0 Å². The fourth-order valence-electron chi connectivity index (χ4n) is 3.18. The number of hydrogen-bond donors (Lipinski definition) is 1. The lowest BCUT2D eigenvalue weighted by Crippen LogP contribution is -2.28. The van der Waals surface area contributed by atoms with Crippen LogP contribution in [0.25, 0.3) is 0 Å². The summed E-state index contributed by atoms with van der Waals surface area (Å²) in [4.78, 5) is 14.4. The van der Waals surface area contributed by atoms with Crippen LogP contribution in [0.2, 0.25) is 0 Å². The summed E-state index contributed by atoms with van der Waals surface area (Å²) in [5.74, 6) is 0.0195. The van der Waals surface area contributed by atoms with Crippen molar-refractivity contribution in [3.63, 3.8) is 0 Å². The molecule has 2 aromatic carbocycles. The lowest BCUT2D eigenvalue weighted by Gasteiger charge is -2.17. The van der Waals surface area contributed by atoms with Gasteiger partial charge in [0.1, 0.15) is 0 Å². The van der Waals surface area contributed by atoms with Gasteiger partial charge in [0.05, 0.1) is 16.8 Å². The summed E-state index contributed by atoms with van der Waals surface area (Å²) in [5.41, 5.74) is 2.96. The van der Waals surface area contributed by atoms with E-state index in [-0.39, 0.29) is 16.6 Å². The van der Waals surface area contributed by atoms with Crippen molar-refractivity contribution >= 4 is 27.3 Å². The maximum Gasteiger partial charge on any atom is 0.293 e. The number of anilines is 2. The van der Waals surface area contributed by atoms with Gasteiger partial charge >= 0.3 is 0 Å². The van der Waals surface area contributed by atoms with Crippen LogP contribution < -0.4 is 9.62 Å². The molecule has 0 saturated heterocycles. The summed E-state index contributed by atoms with van der Waals surface area (Å²) in [7, 11) is -3.71. The Morgan fingerprint density at radius 2 is 1.96 bits per heavy atom. The summed E-state index contributed by atoms with van der Waals surface area (Å²) < 4.78 is 33.1. The maximum atomic E-state index is 12.6. The smallest absolute Gasteiger partial charge is 0.293 e. The van der Waals surface area contributed by atoms with Crippen molar-refractivity contribution in [2.24, 2.45) is 0 Å².